The first kappa shape index (κ1) is 18.3. The minimum Gasteiger partial charge on any atom is -0.340 e. The molecule has 1 N–H and O–H groups in total. The zero-order valence-corrected chi connectivity index (χ0v) is 15.9. The SMILES string of the molecule is Cc1ccc(Nc2cc(C(=O)N(C)C3CCS(=O)(=O)C3)ncn2)c(C)c1. The summed E-state index contributed by atoms with van der Waals surface area (Å²) < 4.78 is 23.3. The van der Waals surface area contributed by atoms with Crippen LogP contribution in [0.15, 0.2) is 30.6 Å². The number of amides is 1. The largest absolute Gasteiger partial charge is 0.340 e. The molecule has 0 radical (unpaired) electrons. The predicted octanol–water partition coefficient (Wildman–Crippen LogP) is 2.10. The zero-order chi connectivity index (χ0) is 18.9. The van der Waals surface area contributed by atoms with E-state index in [-0.39, 0.29) is 29.1 Å². The summed E-state index contributed by atoms with van der Waals surface area (Å²) in [7, 11) is -1.43. The predicted molar refractivity (Wildman–Crippen MR) is 100 cm³/mol. The Labute approximate surface area is 153 Å². The van der Waals surface area contributed by atoms with E-state index in [0.29, 0.717) is 12.2 Å². The Hall–Kier alpha value is -2.48. The third-order valence-corrected chi connectivity index (χ3v) is 6.36. The van der Waals surface area contributed by atoms with Gasteiger partial charge in [0.2, 0.25) is 0 Å². The van der Waals surface area contributed by atoms with Crippen molar-refractivity contribution >= 4 is 27.2 Å². The number of carbonyl (C=O) groups excluding carboxylic acids is 1. The van der Waals surface area contributed by atoms with E-state index < -0.39 is 9.84 Å². The van der Waals surface area contributed by atoms with Gasteiger partial charge in [-0.25, -0.2) is 18.4 Å². The standard InChI is InChI=1S/C18H22N4O3S/c1-12-4-5-15(13(2)8-12)21-17-9-16(19-11-20-17)18(23)22(3)14-6-7-26(24,25)10-14/h4-5,8-9,11,14H,6-7,10H2,1-3H3,(H,19,20,21). The van der Waals surface area contributed by atoms with Gasteiger partial charge in [0, 0.05) is 24.8 Å². The van der Waals surface area contributed by atoms with E-state index in [1.54, 1.807) is 13.1 Å². The molecule has 1 aliphatic heterocycles. The molecule has 1 aliphatic rings. The quantitative estimate of drug-likeness (QED) is 0.881. The minimum absolute atomic E-state index is 0.00793. The number of aromatic nitrogens is 2. The van der Waals surface area contributed by atoms with E-state index in [1.807, 2.05) is 26.0 Å². The maximum absolute atomic E-state index is 12.7. The van der Waals surface area contributed by atoms with Crippen molar-refractivity contribution in [1.82, 2.24) is 14.9 Å². The molecule has 3 rings (SSSR count). The number of nitrogens with one attached hydrogen (secondary N) is 1. The van der Waals surface area contributed by atoms with Crippen molar-refractivity contribution in [3.8, 4) is 0 Å². The van der Waals surface area contributed by atoms with Crippen LogP contribution in [-0.4, -0.2) is 53.8 Å². The van der Waals surface area contributed by atoms with Gasteiger partial charge in [-0.2, -0.15) is 0 Å². The highest BCUT2D eigenvalue weighted by Gasteiger charge is 2.33. The molecule has 1 unspecified atom stereocenters. The fourth-order valence-corrected chi connectivity index (χ4v) is 4.84. The van der Waals surface area contributed by atoms with Crippen LogP contribution in [0.5, 0.6) is 0 Å². The molecule has 8 heteroatoms. The minimum atomic E-state index is -3.05. The van der Waals surface area contributed by atoms with Gasteiger partial charge >= 0.3 is 0 Å². The van der Waals surface area contributed by atoms with Gasteiger partial charge in [0.25, 0.3) is 5.91 Å². The van der Waals surface area contributed by atoms with Crippen LogP contribution < -0.4 is 5.32 Å². The monoisotopic (exact) mass is 374 g/mol. The Kier molecular flexibility index (Phi) is 4.95. The van der Waals surface area contributed by atoms with Crippen LogP contribution in [0.25, 0.3) is 0 Å². The van der Waals surface area contributed by atoms with Crippen LogP contribution >= 0.6 is 0 Å². The maximum Gasteiger partial charge on any atom is 0.272 e. The molecule has 1 fully saturated rings. The summed E-state index contributed by atoms with van der Waals surface area (Å²) in [6, 6.07) is 7.30. The first-order valence-electron chi connectivity index (χ1n) is 8.39. The van der Waals surface area contributed by atoms with Crippen LogP contribution in [0.3, 0.4) is 0 Å². The number of hydrogen-bond donors (Lipinski definition) is 1. The van der Waals surface area contributed by atoms with Crippen LogP contribution in [0.2, 0.25) is 0 Å². The summed E-state index contributed by atoms with van der Waals surface area (Å²) in [6.07, 6.45) is 1.79. The topological polar surface area (TPSA) is 92.3 Å². The molecule has 0 aliphatic carbocycles. The molecule has 26 heavy (non-hydrogen) atoms. The van der Waals surface area contributed by atoms with Gasteiger partial charge in [-0.1, -0.05) is 17.7 Å². The molecular formula is C18H22N4O3S. The third-order valence-electron chi connectivity index (χ3n) is 4.61. The lowest BCUT2D eigenvalue weighted by atomic mass is 10.1. The Balaban J connectivity index is 1.77. The lowest BCUT2D eigenvalue weighted by Gasteiger charge is -2.23. The Morgan fingerprint density at radius 1 is 1.23 bits per heavy atom. The normalized spacial score (nSPS) is 18.5. The van der Waals surface area contributed by atoms with Crippen LogP contribution in [0.4, 0.5) is 11.5 Å². The molecule has 138 valence electrons. The van der Waals surface area contributed by atoms with E-state index in [4.69, 9.17) is 0 Å². The van der Waals surface area contributed by atoms with Gasteiger partial charge in [0.15, 0.2) is 9.84 Å². The average molecular weight is 374 g/mol. The van der Waals surface area contributed by atoms with Crippen molar-refractivity contribution in [2.24, 2.45) is 0 Å². The summed E-state index contributed by atoms with van der Waals surface area (Å²) in [5.74, 6) is 0.341. The van der Waals surface area contributed by atoms with Crippen molar-refractivity contribution in [3.63, 3.8) is 0 Å². The second kappa shape index (κ2) is 7.03. The summed E-state index contributed by atoms with van der Waals surface area (Å²) >= 11 is 0. The van der Waals surface area contributed by atoms with Gasteiger partial charge in [0.1, 0.15) is 17.8 Å². The number of hydrogen-bond acceptors (Lipinski definition) is 6. The third kappa shape index (κ3) is 4.01. The Bertz CT molecular complexity index is 943. The van der Waals surface area contributed by atoms with Crippen LogP contribution in [0.1, 0.15) is 28.0 Å². The number of carbonyl (C=O) groups is 1. The molecule has 1 saturated heterocycles. The highest BCUT2D eigenvalue weighted by molar-refractivity contribution is 7.91. The lowest BCUT2D eigenvalue weighted by molar-refractivity contribution is 0.0741. The van der Waals surface area contributed by atoms with Crippen molar-refractivity contribution in [2.45, 2.75) is 26.3 Å². The fourth-order valence-electron chi connectivity index (χ4n) is 3.06. The molecule has 2 aromatic rings. The zero-order valence-electron chi connectivity index (χ0n) is 15.1. The van der Waals surface area contributed by atoms with Crippen LogP contribution in [-0.2, 0) is 9.84 Å². The number of sulfone groups is 1. The highest BCUT2D eigenvalue weighted by atomic mass is 32.2. The van der Waals surface area contributed by atoms with Crippen molar-refractivity contribution in [1.29, 1.82) is 0 Å². The van der Waals surface area contributed by atoms with Gasteiger partial charge in [0.05, 0.1) is 11.5 Å². The smallest absolute Gasteiger partial charge is 0.272 e. The molecule has 1 aromatic carbocycles. The van der Waals surface area contributed by atoms with E-state index >= 15 is 0 Å². The highest BCUT2D eigenvalue weighted by Crippen LogP contribution is 2.22. The molecule has 2 heterocycles. The van der Waals surface area contributed by atoms with Crippen LogP contribution in [0, 0.1) is 13.8 Å². The molecule has 7 nitrogen and oxygen atoms in total. The second-order valence-corrected chi connectivity index (χ2v) is 8.93. The molecule has 1 aromatic heterocycles. The number of rotatable bonds is 4. The maximum atomic E-state index is 12.7. The number of benzene rings is 1. The van der Waals surface area contributed by atoms with Crippen molar-refractivity contribution in [2.75, 3.05) is 23.9 Å². The molecule has 1 amide bonds. The fraction of sp³-hybridized carbons (Fsp3) is 0.389. The van der Waals surface area contributed by atoms with E-state index in [9.17, 15) is 13.2 Å². The second-order valence-electron chi connectivity index (χ2n) is 6.70. The van der Waals surface area contributed by atoms with Gasteiger partial charge < -0.3 is 10.2 Å². The summed E-state index contributed by atoms with van der Waals surface area (Å²) in [6.45, 7) is 4.02. The number of anilines is 2. The summed E-state index contributed by atoms with van der Waals surface area (Å²) in [5.41, 5.74) is 3.38. The van der Waals surface area contributed by atoms with Crippen molar-refractivity contribution < 1.29 is 13.2 Å². The Morgan fingerprint density at radius 2 is 2.00 bits per heavy atom. The molecule has 0 saturated carbocycles. The summed E-state index contributed by atoms with van der Waals surface area (Å²) in [5, 5.41) is 3.20. The average Bonchev–Trinajstić information content (AvgIpc) is 2.96. The number of nitrogens with zero attached hydrogens (tertiary/aromatic N) is 3. The summed E-state index contributed by atoms with van der Waals surface area (Å²) in [4.78, 5) is 22.4. The van der Waals surface area contributed by atoms with E-state index in [1.165, 1.54) is 16.8 Å². The van der Waals surface area contributed by atoms with Gasteiger partial charge in [-0.05, 0) is 31.9 Å². The molecular weight excluding hydrogens is 352 g/mol. The first-order valence-corrected chi connectivity index (χ1v) is 10.2. The van der Waals surface area contributed by atoms with E-state index in [0.717, 1.165) is 11.3 Å². The van der Waals surface area contributed by atoms with E-state index in [2.05, 4.69) is 21.4 Å². The number of aryl methyl sites for hydroxylation is 2. The molecule has 0 spiro atoms. The first-order chi connectivity index (χ1) is 12.2. The van der Waals surface area contributed by atoms with Gasteiger partial charge in [-0.3, -0.25) is 4.79 Å². The molecule has 1 atom stereocenters. The lowest BCUT2D eigenvalue weighted by Crippen LogP contribution is -2.38. The van der Waals surface area contributed by atoms with Gasteiger partial charge in [-0.15, -0.1) is 0 Å². The molecule has 0 bridgehead atoms. The Morgan fingerprint density at radius 3 is 2.65 bits per heavy atom. The van der Waals surface area contributed by atoms with Crippen molar-refractivity contribution in [3.05, 3.63) is 47.4 Å².